The van der Waals surface area contributed by atoms with Crippen molar-refractivity contribution in [3.05, 3.63) is 29.8 Å². The second-order valence-corrected chi connectivity index (χ2v) is 8.82. The van der Waals surface area contributed by atoms with Gasteiger partial charge in [-0.3, -0.25) is 0 Å². The first-order valence-electron chi connectivity index (χ1n) is 9.24. The number of hydrogen-bond donors (Lipinski definition) is 1. The zero-order chi connectivity index (χ0) is 17.0. The van der Waals surface area contributed by atoms with E-state index in [9.17, 15) is 0 Å². The Morgan fingerprint density at radius 3 is 2.48 bits per heavy atom. The fourth-order valence-electron chi connectivity index (χ4n) is 2.85. The molecule has 0 aromatic heterocycles. The summed E-state index contributed by atoms with van der Waals surface area (Å²) in [7, 11) is 0. The minimum absolute atomic E-state index is 0.379. The van der Waals surface area contributed by atoms with Crippen LogP contribution in [0.15, 0.2) is 24.3 Å². The predicted molar refractivity (Wildman–Crippen MR) is 99.1 cm³/mol. The molecule has 1 saturated carbocycles. The Kier molecular flexibility index (Phi) is 6.13. The summed E-state index contributed by atoms with van der Waals surface area (Å²) in [5.41, 5.74) is 1.77. The standard InChI is InChI=1S/C21H35NO/c1-15(2)16(3)22-18-13-20(14-18)23-19-9-7-8-17(12-19)10-11-21(4,5)6/h7-9,12,15-16,18,20,22H,10-11,13-14H2,1-6H3/t16-,18-,20-/m0/s1. The molecule has 130 valence electrons. The zero-order valence-electron chi connectivity index (χ0n) is 15.9. The number of ether oxygens (including phenoxy) is 1. The summed E-state index contributed by atoms with van der Waals surface area (Å²) < 4.78 is 6.16. The lowest BCUT2D eigenvalue weighted by Gasteiger charge is -2.38. The number of benzene rings is 1. The molecule has 1 aromatic rings. The van der Waals surface area contributed by atoms with E-state index in [2.05, 4.69) is 71.1 Å². The average molecular weight is 318 g/mol. The number of aryl methyl sites for hydroxylation is 1. The van der Waals surface area contributed by atoms with Crippen LogP contribution in [0.2, 0.25) is 0 Å². The molecule has 2 heteroatoms. The molecular formula is C21H35NO. The summed E-state index contributed by atoms with van der Waals surface area (Å²) in [5.74, 6) is 1.73. The van der Waals surface area contributed by atoms with Crippen LogP contribution >= 0.6 is 0 Å². The van der Waals surface area contributed by atoms with E-state index in [1.165, 1.54) is 12.0 Å². The molecule has 0 radical (unpaired) electrons. The molecule has 1 aliphatic rings. The van der Waals surface area contributed by atoms with Crippen LogP contribution in [0.5, 0.6) is 5.75 Å². The minimum atomic E-state index is 0.379. The van der Waals surface area contributed by atoms with Gasteiger partial charge in [-0.2, -0.15) is 0 Å². The highest BCUT2D eigenvalue weighted by atomic mass is 16.5. The quantitative estimate of drug-likeness (QED) is 0.745. The van der Waals surface area contributed by atoms with Gasteiger partial charge in [0, 0.05) is 12.1 Å². The lowest BCUT2D eigenvalue weighted by atomic mass is 9.87. The molecule has 0 spiro atoms. The summed E-state index contributed by atoms with van der Waals surface area (Å²) in [6.07, 6.45) is 4.97. The maximum Gasteiger partial charge on any atom is 0.119 e. The first-order chi connectivity index (χ1) is 10.7. The molecule has 0 amide bonds. The third-order valence-corrected chi connectivity index (χ3v) is 4.96. The highest BCUT2D eigenvalue weighted by molar-refractivity contribution is 5.29. The van der Waals surface area contributed by atoms with E-state index in [0.717, 1.165) is 25.0 Å². The van der Waals surface area contributed by atoms with E-state index < -0.39 is 0 Å². The molecule has 0 bridgehead atoms. The predicted octanol–water partition coefficient (Wildman–Crippen LogP) is 5.21. The molecule has 0 heterocycles. The molecule has 1 fully saturated rings. The van der Waals surface area contributed by atoms with Crippen molar-refractivity contribution < 1.29 is 4.74 Å². The Morgan fingerprint density at radius 2 is 1.87 bits per heavy atom. The van der Waals surface area contributed by atoms with Crippen LogP contribution in [0, 0.1) is 11.3 Å². The van der Waals surface area contributed by atoms with Gasteiger partial charge < -0.3 is 10.1 Å². The first kappa shape index (κ1) is 18.3. The van der Waals surface area contributed by atoms with Crippen molar-refractivity contribution in [2.75, 3.05) is 0 Å². The van der Waals surface area contributed by atoms with Crippen LogP contribution in [0.25, 0.3) is 0 Å². The maximum atomic E-state index is 6.16. The third kappa shape index (κ3) is 6.18. The van der Waals surface area contributed by atoms with Gasteiger partial charge in [0.25, 0.3) is 0 Å². The van der Waals surface area contributed by atoms with Gasteiger partial charge >= 0.3 is 0 Å². The summed E-state index contributed by atoms with van der Waals surface area (Å²) in [5, 5.41) is 3.70. The van der Waals surface area contributed by atoms with Crippen LogP contribution in [-0.4, -0.2) is 18.2 Å². The van der Waals surface area contributed by atoms with Crippen LogP contribution in [0.1, 0.15) is 66.4 Å². The summed E-state index contributed by atoms with van der Waals surface area (Å²) >= 11 is 0. The van der Waals surface area contributed by atoms with Gasteiger partial charge in [-0.05, 0) is 61.6 Å². The third-order valence-electron chi connectivity index (χ3n) is 4.96. The van der Waals surface area contributed by atoms with Crippen LogP contribution in [-0.2, 0) is 6.42 Å². The monoisotopic (exact) mass is 317 g/mol. The number of nitrogens with one attached hydrogen (secondary N) is 1. The van der Waals surface area contributed by atoms with Crippen LogP contribution in [0.3, 0.4) is 0 Å². The van der Waals surface area contributed by atoms with Gasteiger partial charge in [0.2, 0.25) is 0 Å². The molecular weight excluding hydrogens is 282 g/mol. The van der Waals surface area contributed by atoms with E-state index in [-0.39, 0.29) is 0 Å². The fraction of sp³-hybridized carbons (Fsp3) is 0.714. The highest BCUT2D eigenvalue weighted by Gasteiger charge is 2.31. The van der Waals surface area contributed by atoms with Gasteiger partial charge in [0.1, 0.15) is 11.9 Å². The molecule has 2 rings (SSSR count). The van der Waals surface area contributed by atoms with Crippen LogP contribution < -0.4 is 10.1 Å². The lowest BCUT2D eigenvalue weighted by molar-refractivity contribution is 0.0774. The zero-order valence-corrected chi connectivity index (χ0v) is 15.9. The van der Waals surface area contributed by atoms with Gasteiger partial charge in [0.15, 0.2) is 0 Å². The molecule has 0 aliphatic heterocycles. The lowest BCUT2D eigenvalue weighted by Crippen LogP contribution is -2.50. The molecule has 1 atom stereocenters. The Morgan fingerprint density at radius 1 is 1.17 bits per heavy atom. The van der Waals surface area contributed by atoms with E-state index in [1.54, 1.807) is 0 Å². The molecule has 1 N–H and O–H groups in total. The van der Waals surface area contributed by atoms with Crippen molar-refractivity contribution in [1.29, 1.82) is 0 Å². The van der Waals surface area contributed by atoms with Crippen molar-refractivity contribution in [1.82, 2.24) is 5.32 Å². The van der Waals surface area contributed by atoms with Crippen molar-refractivity contribution >= 4 is 0 Å². The van der Waals surface area contributed by atoms with Crippen LogP contribution in [0.4, 0.5) is 0 Å². The van der Waals surface area contributed by atoms with E-state index in [4.69, 9.17) is 4.74 Å². The average Bonchev–Trinajstić information content (AvgIpc) is 2.42. The molecule has 2 nitrogen and oxygen atoms in total. The second kappa shape index (κ2) is 7.70. The molecule has 0 unspecified atom stereocenters. The Labute approximate surface area is 143 Å². The second-order valence-electron chi connectivity index (χ2n) is 8.82. The summed E-state index contributed by atoms with van der Waals surface area (Å²) in [4.78, 5) is 0. The Hall–Kier alpha value is -1.02. The van der Waals surface area contributed by atoms with E-state index in [1.807, 2.05) is 0 Å². The SMILES string of the molecule is CC(C)[C@H](C)N[C@H]1C[C@H](Oc2cccc(CCC(C)(C)C)c2)C1. The smallest absolute Gasteiger partial charge is 0.119 e. The van der Waals surface area contributed by atoms with Crippen molar-refractivity contribution in [3.63, 3.8) is 0 Å². The summed E-state index contributed by atoms with van der Waals surface area (Å²) in [6, 6.07) is 9.88. The fourth-order valence-corrected chi connectivity index (χ4v) is 2.85. The van der Waals surface area contributed by atoms with E-state index in [0.29, 0.717) is 29.5 Å². The van der Waals surface area contributed by atoms with Gasteiger partial charge in [-0.25, -0.2) is 0 Å². The van der Waals surface area contributed by atoms with Crippen molar-refractivity contribution in [2.45, 2.75) is 85.4 Å². The van der Waals surface area contributed by atoms with Gasteiger partial charge in [-0.15, -0.1) is 0 Å². The summed E-state index contributed by atoms with van der Waals surface area (Å²) in [6.45, 7) is 13.7. The number of hydrogen-bond acceptors (Lipinski definition) is 2. The normalized spacial score (nSPS) is 22.7. The largest absolute Gasteiger partial charge is 0.490 e. The molecule has 1 aliphatic carbocycles. The van der Waals surface area contributed by atoms with E-state index >= 15 is 0 Å². The Balaban J connectivity index is 1.77. The topological polar surface area (TPSA) is 21.3 Å². The highest BCUT2D eigenvalue weighted by Crippen LogP contribution is 2.28. The van der Waals surface area contributed by atoms with Crippen molar-refractivity contribution in [3.8, 4) is 5.75 Å². The maximum absolute atomic E-state index is 6.16. The van der Waals surface area contributed by atoms with Gasteiger partial charge in [-0.1, -0.05) is 46.8 Å². The molecule has 1 aromatic carbocycles. The minimum Gasteiger partial charge on any atom is -0.490 e. The molecule has 0 saturated heterocycles. The molecule has 23 heavy (non-hydrogen) atoms. The Bertz CT molecular complexity index is 483. The number of rotatable bonds is 7. The first-order valence-corrected chi connectivity index (χ1v) is 9.24. The van der Waals surface area contributed by atoms with Crippen molar-refractivity contribution in [2.24, 2.45) is 11.3 Å². The van der Waals surface area contributed by atoms with Gasteiger partial charge in [0.05, 0.1) is 0 Å².